The van der Waals surface area contributed by atoms with Crippen molar-refractivity contribution in [2.45, 2.75) is 32.7 Å². The quantitative estimate of drug-likeness (QED) is 0.0688. The van der Waals surface area contributed by atoms with Gasteiger partial charge in [-0.3, -0.25) is 5.43 Å². The highest BCUT2D eigenvalue weighted by molar-refractivity contribution is 9.10. The minimum Gasteiger partial charge on any atom is -0.493 e. The number of allylic oxidation sites excluding steroid dienone is 1. The smallest absolute Gasteiger partial charge is 0.337 e. The van der Waals surface area contributed by atoms with E-state index in [0.717, 1.165) is 10.0 Å². The summed E-state index contributed by atoms with van der Waals surface area (Å²) in [4.78, 5) is 24.7. The van der Waals surface area contributed by atoms with E-state index in [-0.39, 0.29) is 18.8 Å². The third-order valence-corrected chi connectivity index (χ3v) is 7.93. The van der Waals surface area contributed by atoms with E-state index in [1.165, 1.54) is 20.4 Å². The van der Waals surface area contributed by atoms with Gasteiger partial charge in [-0.05, 0) is 61.4 Å². The predicted molar refractivity (Wildman–Crippen MR) is 180 cm³/mol. The number of nitrogens with zero attached hydrogens (tertiary/aromatic N) is 1. The summed E-state index contributed by atoms with van der Waals surface area (Å²) in [6.07, 6.45) is 0.262. The van der Waals surface area contributed by atoms with Crippen LogP contribution in [0.4, 0.5) is 4.79 Å². The largest absolute Gasteiger partial charge is 0.493 e. The molecule has 15 heteroatoms. The first-order valence-corrected chi connectivity index (χ1v) is 15.8. The van der Waals surface area contributed by atoms with Crippen LogP contribution in [0.1, 0.15) is 36.6 Å². The molecule has 2 amide bonds. The zero-order valence-corrected chi connectivity index (χ0v) is 29.0. The second-order valence-corrected chi connectivity index (χ2v) is 11.7. The first-order valence-electron chi connectivity index (χ1n) is 14.2. The molecule has 0 unspecified atom stereocenters. The summed E-state index contributed by atoms with van der Waals surface area (Å²) in [5.74, 6) is 0.977. The number of urea groups is 1. The minimum atomic E-state index is -1.21. The number of esters is 1. The van der Waals surface area contributed by atoms with Crippen LogP contribution in [-0.4, -0.2) is 57.0 Å². The molecular formula is C32H33BrCl2N4O8. The van der Waals surface area contributed by atoms with Crippen LogP contribution in [0, 0.1) is 0 Å². The van der Waals surface area contributed by atoms with Gasteiger partial charge < -0.3 is 39.4 Å². The highest BCUT2D eigenvalue weighted by Gasteiger charge is 2.32. The van der Waals surface area contributed by atoms with E-state index in [9.17, 15) is 14.7 Å². The Bertz CT molecular complexity index is 1690. The normalized spacial score (nSPS) is 15.1. The fourth-order valence-electron chi connectivity index (χ4n) is 4.59. The summed E-state index contributed by atoms with van der Waals surface area (Å²) < 4.78 is 28.8. The second-order valence-electron chi connectivity index (χ2n) is 9.98. The molecule has 0 aromatic heterocycles. The first-order chi connectivity index (χ1) is 22.5. The third kappa shape index (κ3) is 9.22. The maximum Gasteiger partial charge on any atom is 0.337 e. The Kier molecular flexibility index (Phi) is 12.6. The molecule has 0 spiro atoms. The molecule has 0 radical (unpaired) electrons. The number of hydrogen-bond acceptors (Lipinski definition) is 10. The zero-order chi connectivity index (χ0) is 34.1. The van der Waals surface area contributed by atoms with Gasteiger partial charge >= 0.3 is 12.0 Å². The van der Waals surface area contributed by atoms with Crippen LogP contribution >= 0.6 is 39.1 Å². The molecule has 1 aliphatic rings. The summed E-state index contributed by atoms with van der Waals surface area (Å²) >= 11 is 15.6. The number of benzene rings is 3. The van der Waals surface area contributed by atoms with Crippen molar-refractivity contribution in [1.82, 2.24) is 16.1 Å². The molecule has 0 saturated heterocycles. The number of nitrogens with one attached hydrogen (secondary N) is 3. The number of hydrazone groups is 1. The summed E-state index contributed by atoms with van der Waals surface area (Å²) in [5, 5.41) is 20.9. The van der Waals surface area contributed by atoms with Gasteiger partial charge in [0.1, 0.15) is 13.2 Å². The fraction of sp³-hybridized carbons (Fsp3) is 0.281. The van der Waals surface area contributed by atoms with E-state index in [1.807, 2.05) is 0 Å². The van der Waals surface area contributed by atoms with Crippen molar-refractivity contribution in [3.05, 3.63) is 91.0 Å². The fourth-order valence-corrected chi connectivity index (χ4v) is 5.37. The predicted octanol–water partition coefficient (Wildman–Crippen LogP) is 5.86. The molecule has 3 aromatic carbocycles. The van der Waals surface area contributed by atoms with Crippen LogP contribution in [-0.2, 0) is 16.1 Å². The molecule has 0 aliphatic carbocycles. The molecule has 4 N–H and O–H groups in total. The molecule has 250 valence electrons. The second kappa shape index (κ2) is 16.6. The average Bonchev–Trinajstić information content (AvgIpc) is 3.04. The molecule has 1 heterocycles. The Hall–Kier alpha value is -4.17. The number of ether oxygens (including phenoxy) is 5. The van der Waals surface area contributed by atoms with E-state index >= 15 is 0 Å². The van der Waals surface area contributed by atoms with Crippen molar-refractivity contribution in [3.63, 3.8) is 0 Å². The maximum atomic E-state index is 12.5. The minimum absolute atomic E-state index is 0.185. The van der Waals surface area contributed by atoms with Crippen molar-refractivity contribution in [1.29, 1.82) is 0 Å². The lowest BCUT2D eigenvalue weighted by molar-refractivity contribution is -0.136. The number of methoxy groups -OCH3 is 2. The lowest BCUT2D eigenvalue weighted by Gasteiger charge is -2.28. The van der Waals surface area contributed by atoms with Gasteiger partial charge in [0.05, 0.1) is 48.7 Å². The summed E-state index contributed by atoms with van der Waals surface area (Å²) in [7, 11) is 2.79. The van der Waals surface area contributed by atoms with Crippen LogP contribution in [0.2, 0.25) is 10.0 Å². The summed E-state index contributed by atoms with van der Waals surface area (Å²) in [6.45, 7) is 3.72. The number of aliphatic hydroxyl groups is 1. The van der Waals surface area contributed by atoms with E-state index in [0.29, 0.717) is 56.5 Å². The number of halogens is 3. The van der Waals surface area contributed by atoms with Crippen molar-refractivity contribution >= 4 is 57.3 Å². The number of rotatable bonds is 14. The van der Waals surface area contributed by atoms with Gasteiger partial charge in [0.2, 0.25) is 0 Å². The molecule has 0 fully saturated rings. The lowest BCUT2D eigenvalue weighted by Crippen LogP contribution is -2.45. The topological polar surface area (TPSA) is 149 Å². The third-order valence-electron chi connectivity index (χ3n) is 6.73. The molecular weight excluding hydrogens is 719 g/mol. The summed E-state index contributed by atoms with van der Waals surface area (Å²) in [6, 6.07) is 12.5. The van der Waals surface area contributed by atoms with Gasteiger partial charge in [0.25, 0.3) is 0 Å². The van der Waals surface area contributed by atoms with Crippen LogP contribution in [0.3, 0.4) is 0 Å². The van der Waals surface area contributed by atoms with E-state index in [4.69, 9.17) is 46.9 Å². The monoisotopic (exact) mass is 750 g/mol. The maximum absolute atomic E-state index is 12.5. The Balaban J connectivity index is 1.44. The molecule has 12 nitrogen and oxygen atoms in total. The van der Waals surface area contributed by atoms with Gasteiger partial charge in [-0.1, -0.05) is 51.3 Å². The Labute approximate surface area is 290 Å². The molecule has 47 heavy (non-hydrogen) atoms. The number of carbonyl (C=O) groups is 2. The van der Waals surface area contributed by atoms with Gasteiger partial charge in [0.15, 0.2) is 29.2 Å². The van der Waals surface area contributed by atoms with E-state index in [1.54, 1.807) is 62.4 Å². The molecule has 4 rings (SSSR count). The standard InChI is InChI=1S/C32H33BrCl2N4O8/c1-5-45-25-12-19(29-28(31(41)44-4)17(2)37-32(42)38-29)7-9-24(25)46-16-27(40)39-36-14-20-11-21(33)13-26(43-3)30(20)47-15-18-6-8-22(34)23(35)10-18/h6-14,27,29,39-40H,5,15-16H2,1-4H3,(H2,37,38,42)/b36-14+/t27-,29+/m0/s1. The molecule has 0 saturated carbocycles. The molecule has 3 aromatic rings. The highest BCUT2D eigenvalue weighted by Crippen LogP contribution is 2.36. The van der Waals surface area contributed by atoms with Gasteiger partial charge in [-0.2, -0.15) is 5.10 Å². The van der Waals surface area contributed by atoms with Crippen molar-refractivity contribution in [2.75, 3.05) is 27.4 Å². The van der Waals surface area contributed by atoms with Crippen LogP contribution in [0.15, 0.2) is 69.4 Å². The Morgan fingerprint density at radius 2 is 1.85 bits per heavy atom. The van der Waals surface area contributed by atoms with Gasteiger partial charge in [0, 0.05) is 15.7 Å². The van der Waals surface area contributed by atoms with Gasteiger partial charge in [-0.25, -0.2) is 9.59 Å². The average molecular weight is 752 g/mol. The van der Waals surface area contributed by atoms with Gasteiger partial charge in [-0.15, -0.1) is 0 Å². The summed E-state index contributed by atoms with van der Waals surface area (Å²) in [5.41, 5.74) is 5.19. The zero-order valence-electron chi connectivity index (χ0n) is 25.9. The van der Waals surface area contributed by atoms with E-state index < -0.39 is 24.3 Å². The number of amides is 2. The highest BCUT2D eigenvalue weighted by atomic mass is 79.9. The lowest BCUT2D eigenvalue weighted by atomic mass is 9.95. The van der Waals surface area contributed by atoms with Crippen LogP contribution in [0.5, 0.6) is 23.0 Å². The van der Waals surface area contributed by atoms with Crippen LogP contribution < -0.4 is 35.0 Å². The Morgan fingerprint density at radius 3 is 2.55 bits per heavy atom. The number of aliphatic hydroxyl groups excluding tert-OH is 1. The number of hydrogen-bond donors (Lipinski definition) is 4. The molecule has 2 atom stereocenters. The Morgan fingerprint density at radius 1 is 1.06 bits per heavy atom. The number of carbonyl (C=O) groups excluding carboxylic acids is 2. The molecule has 1 aliphatic heterocycles. The first kappa shape index (κ1) is 35.7. The van der Waals surface area contributed by atoms with E-state index in [2.05, 4.69) is 37.1 Å². The van der Waals surface area contributed by atoms with Crippen molar-refractivity contribution in [2.24, 2.45) is 5.10 Å². The van der Waals surface area contributed by atoms with Crippen molar-refractivity contribution in [3.8, 4) is 23.0 Å². The van der Waals surface area contributed by atoms with Crippen LogP contribution in [0.25, 0.3) is 0 Å². The SMILES string of the molecule is CCOc1cc([C@H]2NC(=O)NC(C)=C2C(=O)OC)ccc1OC[C@H](O)N/N=C/c1cc(Br)cc(OC)c1OCc1ccc(Cl)c(Cl)c1. The molecule has 0 bridgehead atoms. The van der Waals surface area contributed by atoms with Crippen molar-refractivity contribution < 1.29 is 38.4 Å².